The Labute approximate surface area is 91.9 Å². The summed E-state index contributed by atoms with van der Waals surface area (Å²) >= 11 is 0. The quantitative estimate of drug-likeness (QED) is 0.780. The van der Waals surface area contributed by atoms with Crippen molar-refractivity contribution in [2.24, 2.45) is 0 Å². The van der Waals surface area contributed by atoms with Gasteiger partial charge in [-0.2, -0.15) is 0 Å². The van der Waals surface area contributed by atoms with Gasteiger partial charge in [0.05, 0.1) is 18.4 Å². The Bertz CT molecular complexity index is 289. The van der Waals surface area contributed by atoms with Gasteiger partial charge in [0.15, 0.2) is 0 Å². The van der Waals surface area contributed by atoms with Crippen LogP contribution in [0.2, 0.25) is 0 Å². The fourth-order valence-electron chi connectivity index (χ4n) is 1.19. The Balaban J connectivity index is 2.50. The van der Waals surface area contributed by atoms with Gasteiger partial charge in [0.1, 0.15) is 5.82 Å². The zero-order chi connectivity index (χ0) is 11.1. The number of aromatic nitrogens is 1. The Morgan fingerprint density at radius 2 is 2.20 bits per heavy atom. The van der Waals surface area contributed by atoms with Crippen LogP contribution in [0, 0.1) is 0 Å². The van der Waals surface area contributed by atoms with E-state index in [-0.39, 0.29) is 0 Å². The van der Waals surface area contributed by atoms with Crippen molar-refractivity contribution in [1.29, 1.82) is 0 Å². The minimum Gasteiger partial charge on any atom is -0.372 e. The molecule has 0 saturated heterocycles. The molecule has 0 fully saturated rings. The molecule has 0 saturated carbocycles. The van der Waals surface area contributed by atoms with Crippen LogP contribution in [-0.2, 0) is 11.3 Å². The number of hydrogen-bond acceptors (Lipinski definition) is 3. The van der Waals surface area contributed by atoms with Gasteiger partial charge in [-0.05, 0) is 32.4 Å². The van der Waals surface area contributed by atoms with Crippen LogP contribution in [0.4, 0.5) is 5.82 Å². The number of pyridine rings is 1. The zero-order valence-electron chi connectivity index (χ0n) is 9.79. The molecular formula is C12H20N2O. The standard InChI is InChI=1S/C12H20N2O/c1-4-10(3)15-9-11-7-6-8-12(14-11)13-5-2/h6-8,10H,4-5,9H2,1-3H3,(H,13,14). The molecule has 0 radical (unpaired) electrons. The summed E-state index contributed by atoms with van der Waals surface area (Å²) in [5.74, 6) is 0.919. The molecule has 1 atom stereocenters. The summed E-state index contributed by atoms with van der Waals surface area (Å²) in [4.78, 5) is 4.43. The van der Waals surface area contributed by atoms with Crippen LogP contribution >= 0.6 is 0 Å². The smallest absolute Gasteiger partial charge is 0.126 e. The van der Waals surface area contributed by atoms with E-state index in [0.717, 1.165) is 24.5 Å². The first-order valence-electron chi connectivity index (χ1n) is 5.57. The highest BCUT2D eigenvalue weighted by Gasteiger charge is 2.01. The fourth-order valence-corrected chi connectivity index (χ4v) is 1.19. The van der Waals surface area contributed by atoms with Crippen molar-refractivity contribution >= 4 is 5.82 Å². The Kier molecular flexibility index (Phi) is 5.12. The molecule has 1 aromatic heterocycles. The zero-order valence-corrected chi connectivity index (χ0v) is 9.79. The maximum atomic E-state index is 5.62. The van der Waals surface area contributed by atoms with Crippen LogP contribution in [0.5, 0.6) is 0 Å². The Hall–Kier alpha value is -1.09. The molecule has 0 bridgehead atoms. The van der Waals surface area contributed by atoms with Gasteiger partial charge in [0.25, 0.3) is 0 Å². The number of hydrogen-bond donors (Lipinski definition) is 1. The van der Waals surface area contributed by atoms with Gasteiger partial charge in [-0.3, -0.25) is 0 Å². The van der Waals surface area contributed by atoms with Crippen LogP contribution in [0.1, 0.15) is 32.9 Å². The van der Waals surface area contributed by atoms with E-state index < -0.39 is 0 Å². The fraction of sp³-hybridized carbons (Fsp3) is 0.583. The van der Waals surface area contributed by atoms with E-state index in [1.165, 1.54) is 0 Å². The highest BCUT2D eigenvalue weighted by Crippen LogP contribution is 2.07. The maximum Gasteiger partial charge on any atom is 0.126 e. The van der Waals surface area contributed by atoms with Crippen molar-refractivity contribution in [3.63, 3.8) is 0 Å². The van der Waals surface area contributed by atoms with Gasteiger partial charge in [-0.1, -0.05) is 13.0 Å². The largest absolute Gasteiger partial charge is 0.372 e. The van der Waals surface area contributed by atoms with Crippen molar-refractivity contribution in [1.82, 2.24) is 4.98 Å². The first-order valence-corrected chi connectivity index (χ1v) is 5.57. The second-order valence-corrected chi connectivity index (χ2v) is 3.57. The van der Waals surface area contributed by atoms with Crippen LogP contribution < -0.4 is 5.32 Å². The Morgan fingerprint density at radius 1 is 1.40 bits per heavy atom. The highest BCUT2D eigenvalue weighted by molar-refractivity contribution is 5.34. The second kappa shape index (κ2) is 6.40. The van der Waals surface area contributed by atoms with Crippen molar-refractivity contribution in [3.8, 4) is 0 Å². The lowest BCUT2D eigenvalue weighted by Crippen LogP contribution is -2.08. The number of nitrogens with zero attached hydrogens (tertiary/aromatic N) is 1. The van der Waals surface area contributed by atoms with Gasteiger partial charge in [0, 0.05) is 6.54 Å². The molecule has 15 heavy (non-hydrogen) atoms. The number of rotatable bonds is 6. The minimum atomic E-state index is 0.301. The summed E-state index contributed by atoms with van der Waals surface area (Å²) in [6.07, 6.45) is 1.34. The van der Waals surface area contributed by atoms with E-state index in [9.17, 15) is 0 Å². The number of anilines is 1. The lowest BCUT2D eigenvalue weighted by molar-refractivity contribution is 0.0489. The van der Waals surface area contributed by atoms with E-state index >= 15 is 0 Å². The van der Waals surface area contributed by atoms with Gasteiger partial charge >= 0.3 is 0 Å². The van der Waals surface area contributed by atoms with Crippen LogP contribution in [-0.4, -0.2) is 17.6 Å². The molecule has 1 unspecified atom stereocenters. The summed E-state index contributed by atoms with van der Waals surface area (Å²) in [7, 11) is 0. The molecule has 84 valence electrons. The van der Waals surface area contributed by atoms with Crippen molar-refractivity contribution in [2.75, 3.05) is 11.9 Å². The SMILES string of the molecule is CCNc1cccc(COC(C)CC)n1. The molecule has 0 aliphatic rings. The first kappa shape index (κ1) is 12.0. The van der Waals surface area contributed by atoms with Crippen molar-refractivity contribution in [2.45, 2.75) is 39.9 Å². The molecule has 1 rings (SSSR count). The van der Waals surface area contributed by atoms with Crippen LogP contribution in [0.15, 0.2) is 18.2 Å². The van der Waals surface area contributed by atoms with Gasteiger partial charge in [0.2, 0.25) is 0 Å². The maximum absolute atomic E-state index is 5.62. The predicted molar refractivity (Wildman–Crippen MR) is 62.9 cm³/mol. The molecule has 1 heterocycles. The minimum absolute atomic E-state index is 0.301. The Morgan fingerprint density at radius 3 is 2.87 bits per heavy atom. The molecule has 3 heteroatoms. The molecule has 0 spiro atoms. The van der Waals surface area contributed by atoms with Gasteiger partial charge in [-0.25, -0.2) is 4.98 Å². The monoisotopic (exact) mass is 208 g/mol. The second-order valence-electron chi connectivity index (χ2n) is 3.57. The first-order chi connectivity index (χ1) is 7.26. The lowest BCUT2D eigenvalue weighted by atomic mass is 10.3. The predicted octanol–water partition coefficient (Wildman–Crippen LogP) is 2.83. The third-order valence-electron chi connectivity index (χ3n) is 2.26. The van der Waals surface area contributed by atoms with Crippen LogP contribution in [0.25, 0.3) is 0 Å². The summed E-state index contributed by atoms with van der Waals surface area (Å²) in [6.45, 7) is 7.74. The van der Waals surface area contributed by atoms with Crippen LogP contribution in [0.3, 0.4) is 0 Å². The van der Waals surface area contributed by atoms with Gasteiger partial charge < -0.3 is 10.1 Å². The normalized spacial score (nSPS) is 12.5. The summed E-state index contributed by atoms with van der Waals surface area (Å²) in [5, 5.41) is 3.18. The average molecular weight is 208 g/mol. The summed E-state index contributed by atoms with van der Waals surface area (Å²) in [6, 6.07) is 5.96. The van der Waals surface area contributed by atoms with E-state index in [2.05, 4.69) is 31.1 Å². The van der Waals surface area contributed by atoms with Gasteiger partial charge in [-0.15, -0.1) is 0 Å². The number of ether oxygens (including phenoxy) is 1. The van der Waals surface area contributed by atoms with E-state index in [4.69, 9.17) is 4.74 Å². The topological polar surface area (TPSA) is 34.1 Å². The highest BCUT2D eigenvalue weighted by atomic mass is 16.5. The molecule has 0 aliphatic heterocycles. The average Bonchev–Trinajstić information content (AvgIpc) is 2.27. The molecule has 0 amide bonds. The molecule has 1 N–H and O–H groups in total. The van der Waals surface area contributed by atoms with E-state index in [1.54, 1.807) is 0 Å². The van der Waals surface area contributed by atoms with E-state index in [1.807, 2.05) is 18.2 Å². The summed E-state index contributed by atoms with van der Waals surface area (Å²) in [5.41, 5.74) is 0.980. The molecule has 0 aliphatic carbocycles. The van der Waals surface area contributed by atoms with E-state index in [0.29, 0.717) is 12.7 Å². The lowest BCUT2D eigenvalue weighted by Gasteiger charge is -2.10. The van der Waals surface area contributed by atoms with Crippen molar-refractivity contribution in [3.05, 3.63) is 23.9 Å². The molecule has 1 aromatic rings. The summed E-state index contributed by atoms with van der Waals surface area (Å²) < 4.78 is 5.62. The molecule has 0 aromatic carbocycles. The molecular weight excluding hydrogens is 188 g/mol. The number of nitrogens with one attached hydrogen (secondary N) is 1. The third kappa shape index (κ3) is 4.30. The van der Waals surface area contributed by atoms with Crippen molar-refractivity contribution < 1.29 is 4.74 Å². The molecule has 3 nitrogen and oxygen atoms in total. The third-order valence-corrected chi connectivity index (χ3v) is 2.26.